The topological polar surface area (TPSA) is 47.7 Å². The van der Waals surface area contributed by atoms with Crippen molar-refractivity contribution in [2.45, 2.75) is 51.1 Å². The van der Waals surface area contributed by atoms with E-state index in [0.717, 1.165) is 19.6 Å². The van der Waals surface area contributed by atoms with E-state index in [2.05, 4.69) is 18.7 Å². The molecule has 4 unspecified atom stereocenters. The molecule has 0 amide bonds. The van der Waals surface area contributed by atoms with Crippen molar-refractivity contribution in [3.63, 3.8) is 0 Å². The summed E-state index contributed by atoms with van der Waals surface area (Å²) >= 11 is 0. The second kappa shape index (κ2) is 5.45. The van der Waals surface area contributed by atoms with Gasteiger partial charge in [-0.25, -0.2) is 0 Å². The predicted molar refractivity (Wildman–Crippen MR) is 63.4 cm³/mol. The van der Waals surface area contributed by atoms with E-state index < -0.39 is 0 Å². The zero-order valence-electron chi connectivity index (χ0n) is 10.4. The van der Waals surface area contributed by atoms with Crippen molar-refractivity contribution in [1.82, 2.24) is 4.90 Å². The Bertz CT molecular complexity index is 225. The highest BCUT2D eigenvalue weighted by atomic mass is 16.5. The van der Waals surface area contributed by atoms with Gasteiger partial charge in [-0.1, -0.05) is 0 Å². The largest absolute Gasteiger partial charge is 0.374 e. The molecule has 2 rings (SSSR count). The first-order chi connectivity index (χ1) is 7.67. The van der Waals surface area contributed by atoms with Crippen molar-refractivity contribution in [2.75, 3.05) is 26.2 Å². The normalized spacial score (nSPS) is 41.4. The molecule has 4 heteroatoms. The van der Waals surface area contributed by atoms with E-state index in [1.165, 1.54) is 12.8 Å². The lowest BCUT2D eigenvalue weighted by Gasteiger charge is -2.37. The summed E-state index contributed by atoms with van der Waals surface area (Å²) in [6, 6.07) is 0. The zero-order chi connectivity index (χ0) is 11.5. The lowest BCUT2D eigenvalue weighted by molar-refractivity contribution is -0.0840. The molecule has 4 atom stereocenters. The van der Waals surface area contributed by atoms with Crippen molar-refractivity contribution in [1.29, 1.82) is 0 Å². The Morgan fingerprint density at radius 1 is 1.06 bits per heavy atom. The fourth-order valence-corrected chi connectivity index (χ4v) is 2.73. The van der Waals surface area contributed by atoms with Gasteiger partial charge in [-0.2, -0.15) is 0 Å². The van der Waals surface area contributed by atoms with Gasteiger partial charge in [0.15, 0.2) is 0 Å². The van der Waals surface area contributed by atoms with Crippen molar-refractivity contribution >= 4 is 0 Å². The minimum atomic E-state index is 0.197. The summed E-state index contributed by atoms with van der Waals surface area (Å²) in [5.41, 5.74) is 5.67. The molecule has 0 aromatic carbocycles. The van der Waals surface area contributed by atoms with Gasteiger partial charge in [0, 0.05) is 26.2 Å². The van der Waals surface area contributed by atoms with Gasteiger partial charge >= 0.3 is 0 Å². The zero-order valence-corrected chi connectivity index (χ0v) is 10.4. The summed E-state index contributed by atoms with van der Waals surface area (Å²) in [5, 5.41) is 0. The lowest BCUT2D eigenvalue weighted by Crippen LogP contribution is -2.51. The third-order valence-corrected chi connectivity index (χ3v) is 3.45. The first-order valence-electron chi connectivity index (χ1n) is 6.40. The van der Waals surface area contributed by atoms with Gasteiger partial charge in [-0.3, -0.25) is 4.90 Å². The van der Waals surface area contributed by atoms with E-state index in [4.69, 9.17) is 15.2 Å². The maximum atomic E-state index is 5.85. The predicted octanol–water partition coefficient (Wildman–Crippen LogP) is 0.602. The average Bonchev–Trinajstić information content (AvgIpc) is 2.63. The Balaban J connectivity index is 1.80. The van der Waals surface area contributed by atoms with Crippen molar-refractivity contribution < 1.29 is 9.47 Å². The van der Waals surface area contributed by atoms with E-state index >= 15 is 0 Å². The number of morpholine rings is 1. The molecule has 0 radical (unpaired) electrons. The standard InChI is InChI=1S/C12H24N2O2/c1-9-3-4-11(15-9)7-14-6-10(2)16-12(5-13)8-14/h9-12H,3-8,13H2,1-2H3. The number of rotatable bonds is 3. The molecule has 0 saturated carbocycles. The molecule has 0 bridgehead atoms. The Hall–Kier alpha value is -0.160. The highest BCUT2D eigenvalue weighted by molar-refractivity contribution is 4.80. The van der Waals surface area contributed by atoms with Crippen LogP contribution in [-0.2, 0) is 9.47 Å². The summed E-state index contributed by atoms with van der Waals surface area (Å²) in [7, 11) is 0. The van der Waals surface area contributed by atoms with Gasteiger partial charge in [0.25, 0.3) is 0 Å². The van der Waals surface area contributed by atoms with E-state index in [1.807, 2.05) is 0 Å². The van der Waals surface area contributed by atoms with Crippen molar-refractivity contribution in [3.8, 4) is 0 Å². The SMILES string of the molecule is CC1CN(CC2CCC(C)O2)CC(CN)O1. The summed E-state index contributed by atoms with van der Waals surface area (Å²) in [6.07, 6.45) is 3.74. The molecule has 0 aromatic heterocycles. The summed E-state index contributed by atoms with van der Waals surface area (Å²) in [4.78, 5) is 2.44. The maximum absolute atomic E-state index is 5.85. The first kappa shape index (κ1) is 12.3. The van der Waals surface area contributed by atoms with Crippen LogP contribution in [0.2, 0.25) is 0 Å². The van der Waals surface area contributed by atoms with Gasteiger partial charge in [-0.15, -0.1) is 0 Å². The van der Waals surface area contributed by atoms with Gasteiger partial charge < -0.3 is 15.2 Å². The number of hydrogen-bond acceptors (Lipinski definition) is 4. The summed E-state index contributed by atoms with van der Waals surface area (Å²) in [6.45, 7) is 7.88. The van der Waals surface area contributed by atoms with Crippen LogP contribution in [0.4, 0.5) is 0 Å². The average molecular weight is 228 g/mol. The van der Waals surface area contributed by atoms with Crippen LogP contribution in [0, 0.1) is 0 Å². The van der Waals surface area contributed by atoms with Crippen LogP contribution in [0.15, 0.2) is 0 Å². The highest BCUT2D eigenvalue weighted by Gasteiger charge is 2.29. The summed E-state index contributed by atoms with van der Waals surface area (Å²) < 4.78 is 11.6. The molecule has 4 nitrogen and oxygen atoms in total. The van der Waals surface area contributed by atoms with Crippen molar-refractivity contribution in [3.05, 3.63) is 0 Å². The first-order valence-corrected chi connectivity index (χ1v) is 6.40. The molecule has 2 saturated heterocycles. The minimum Gasteiger partial charge on any atom is -0.374 e. The number of ether oxygens (including phenoxy) is 2. The summed E-state index contributed by atoms with van der Waals surface area (Å²) in [5.74, 6) is 0. The van der Waals surface area contributed by atoms with Crippen molar-refractivity contribution in [2.24, 2.45) is 5.73 Å². The van der Waals surface area contributed by atoms with Gasteiger partial charge in [0.05, 0.1) is 24.4 Å². The van der Waals surface area contributed by atoms with Crippen LogP contribution < -0.4 is 5.73 Å². The fourth-order valence-electron chi connectivity index (χ4n) is 2.73. The third kappa shape index (κ3) is 3.17. The minimum absolute atomic E-state index is 0.197. The second-order valence-electron chi connectivity index (χ2n) is 5.17. The number of nitrogens with zero attached hydrogens (tertiary/aromatic N) is 1. The van der Waals surface area contributed by atoms with Gasteiger partial charge in [0.1, 0.15) is 0 Å². The monoisotopic (exact) mass is 228 g/mol. The molecule has 2 aliphatic rings. The maximum Gasteiger partial charge on any atom is 0.0828 e. The Kier molecular flexibility index (Phi) is 4.19. The van der Waals surface area contributed by atoms with Gasteiger partial charge in [-0.05, 0) is 26.7 Å². The van der Waals surface area contributed by atoms with Crippen LogP contribution in [0.1, 0.15) is 26.7 Å². The van der Waals surface area contributed by atoms with E-state index in [0.29, 0.717) is 24.9 Å². The Morgan fingerprint density at radius 3 is 2.44 bits per heavy atom. The number of hydrogen-bond donors (Lipinski definition) is 1. The van der Waals surface area contributed by atoms with E-state index in [9.17, 15) is 0 Å². The van der Waals surface area contributed by atoms with Crippen LogP contribution in [0.5, 0.6) is 0 Å². The molecule has 0 aliphatic carbocycles. The lowest BCUT2D eigenvalue weighted by atomic mass is 10.1. The van der Waals surface area contributed by atoms with Crippen LogP contribution in [0.3, 0.4) is 0 Å². The second-order valence-corrected chi connectivity index (χ2v) is 5.17. The fraction of sp³-hybridized carbons (Fsp3) is 1.00. The van der Waals surface area contributed by atoms with Crippen LogP contribution >= 0.6 is 0 Å². The quantitative estimate of drug-likeness (QED) is 0.768. The van der Waals surface area contributed by atoms with Gasteiger partial charge in [0.2, 0.25) is 0 Å². The third-order valence-electron chi connectivity index (χ3n) is 3.45. The number of nitrogens with two attached hydrogens (primary N) is 1. The molecule has 94 valence electrons. The Morgan fingerprint density at radius 2 is 1.81 bits per heavy atom. The highest BCUT2D eigenvalue weighted by Crippen LogP contribution is 2.21. The Labute approximate surface area is 98.1 Å². The van der Waals surface area contributed by atoms with E-state index in [1.54, 1.807) is 0 Å². The molecule has 2 N–H and O–H groups in total. The van der Waals surface area contributed by atoms with E-state index in [-0.39, 0.29) is 6.10 Å². The molecular formula is C12H24N2O2. The molecule has 2 fully saturated rings. The molecule has 0 spiro atoms. The molecule has 16 heavy (non-hydrogen) atoms. The van der Waals surface area contributed by atoms with Crippen LogP contribution in [-0.4, -0.2) is 55.5 Å². The molecule has 0 aromatic rings. The molecule has 2 aliphatic heterocycles. The smallest absolute Gasteiger partial charge is 0.0828 e. The molecular weight excluding hydrogens is 204 g/mol. The molecule has 2 heterocycles. The van der Waals surface area contributed by atoms with Crippen LogP contribution in [0.25, 0.3) is 0 Å².